The number of halogens is 1. The molecule has 0 unspecified atom stereocenters. The third-order valence-electron chi connectivity index (χ3n) is 6.66. The number of rotatable bonds is 8. The first-order valence-electron chi connectivity index (χ1n) is 12.3. The number of imidazole rings is 1. The number of aromatic nitrogens is 4. The minimum Gasteiger partial charge on any atom is -0.506 e. The Bertz CT molecular complexity index is 1700. The van der Waals surface area contributed by atoms with E-state index in [1.165, 1.54) is 0 Å². The maximum absolute atomic E-state index is 12.8. The third kappa shape index (κ3) is 4.56. The van der Waals surface area contributed by atoms with Gasteiger partial charge >= 0.3 is 0 Å². The summed E-state index contributed by atoms with van der Waals surface area (Å²) >= 11 is 6.49. The minimum atomic E-state index is -0.523. The Labute approximate surface area is 223 Å². The van der Waals surface area contributed by atoms with Crippen molar-refractivity contribution in [2.24, 2.45) is 5.73 Å². The highest BCUT2D eigenvalue weighted by Gasteiger charge is 2.17. The van der Waals surface area contributed by atoms with Crippen LogP contribution in [0.2, 0.25) is 5.02 Å². The van der Waals surface area contributed by atoms with Crippen LogP contribution in [0.3, 0.4) is 0 Å². The zero-order chi connectivity index (χ0) is 27.0. The van der Waals surface area contributed by atoms with Crippen molar-refractivity contribution in [2.45, 2.75) is 33.1 Å². The van der Waals surface area contributed by atoms with Crippen LogP contribution in [0.25, 0.3) is 22.2 Å². The number of primary amides is 1. The molecule has 0 fully saturated rings. The van der Waals surface area contributed by atoms with Gasteiger partial charge in [0.25, 0.3) is 5.91 Å². The van der Waals surface area contributed by atoms with Crippen molar-refractivity contribution in [1.29, 1.82) is 0 Å². The normalized spacial score (nSPS) is 11.3. The molecule has 0 atom stereocenters. The summed E-state index contributed by atoms with van der Waals surface area (Å²) < 4.78 is 3.57. The van der Waals surface area contributed by atoms with Gasteiger partial charge in [0.2, 0.25) is 5.91 Å². The number of pyridine rings is 1. The summed E-state index contributed by atoms with van der Waals surface area (Å²) in [5.74, 6) is -0.577. The van der Waals surface area contributed by atoms with Gasteiger partial charge in [0.15, 0.2) is 0 Å². The van der Waals surface area contributed by atoms with Gasteiger partial charge in [-0.25, -0.2) is 9.50 Å². The van der Waals surface area contributed by atoms with Crippen molar-refractivity contribution in [3.8, 4) is 11.4 Å². The fourth-order valence-electron chi connectivity index (χ4n) is 4.69. The van der Waals surface area contributed by atoms with Crippen LogP contribution in [-0.4, -0.2) is 42.6 Å². The molecule has 5 aromatic rings. The lowest BCUT2D eigenvalue weighted by molar-refractivity contribution is 0.0952. The monoisotopic (exact) mass is 530 g/mol. The van der Waals surface area contributed by atoms with E-state index < -0.39 is 5.91 Å². The Morgan fingerprint density at radius 2 is 1.95 bits per heavy atom. The number of nitrogens with zero attached hydrogens (tertiary/aromatic N) is 4. The second-order valence-electron chi connectivity index (χ2n) is 9.11. The van der Waals surface area contributed by atoms with Crippen molar-refractivity contribution in [3.05, 3.63) is 88.0 Å². The molecule has 0 radical (unpaired) electrons. The Kier molecular flexibility index (Phi) is 6.77. The quantitative estimate of drug-likeness (QED) is 0.257. The van der Waals surface area contributed by atoms with Crippen LogP contribution in [0.5, 0.6) is 5.75 Å². The molecular formula is C28H27ClN6O3. The van der Waals surface area contributed by atoms with E-state index in [0.29, 0.717) is 52.3 Å². The van der Waals surface area contributed by atoms with E-state index >= 15 is 0 Å². The molecule has 3 aromatic heterocycles. The van der Waals surface area contributed by atoms with Crippen LogP contribution >= 0.6 is 11.6 Å². The van der Waals surface area contributed by atoms with E-state index in [9.17, 15) is 14.7 Å². The van der Waals surface area contributed by atoms with Gasteiger partial charge in [-0.15, -0.1) is 0 Å². The highest BCUT2D eigenvalue weighted by molar-refractivity contribution is 6.34. The molecule has 5 rings (SSSR count). The predicted octanol–water partition coefficient (Wildman–Crippen LogP) is 4.36. The SMILES string of the molecule is CCc1c(CCCNC(=O)c2ccc(-n3cnc4ccc(C(N)=O)cc43)cc2Cl)nn2c(C)ccc(O)c12. The maximum atomic E-state index is 12.8. The van der Waals surface area contributed by atoms with Gasteiger partial charge in [-0.2, -0.15) is 5.10 Å². The fourth-order valence-corrected chi connectivity index (χ4v) is 4.95. The highest BCUT2D eigenvalue weighted by atomic mass is 35.5. The number of carbonyl (C=O) groups is 2. The molecule has 9 nitrogen and oxygen atoms in total. The summed E-state index contributed by atoms with van der Waals surface area (Å²) in [5.41, 5.74) is 11.9. The van der Waals surface area contributed by atoms with Gasteiger partial charge in [-0.3, -0.25) is 14.2 Å². The van der Waals surface area contributed by atoms with Crippen molar-refractivity contribution in [1.82, 2.24) is 24.5 Å². The third-order valence-corrected chi connectivity index (χ3v) is 6.98. The smallest absolute Gasteiger partial charge is 0.252 e. The van der Waals surface area contributed by atoms with Gasteiger partial charge in [0.1, 0.15) is 17.6 Å². The van der Waals surface area contributed by atoms with Crippen molar-refractivity contribution >= 4 is 40.0 Å². The number of amides is 2. The largest absolute Gasteiger partial charge is 0.506 e. The van der Waals surface area contributed by atoms with Gasteiger partial charge in [-0.1, -0.05) is 18.5 Å². The van der Waals surface area contributed by atoms with Gasteiger partial charge in [-0.05, 0) is 74.7 Å². The number of nitrogens with one attached hydrogen (secondary N) is 1. The van der Waals surface area contributed by atoms with Crippen LogP contribution in [-0.2, 0) is 12.8 Å². The number of benzene rings is 2. The average molecular weight is 531 g/mol. The molecule has 0 saturated carbocycles. The molecule has 4 N–H and O–H groups in total. The van der Waals surface area contributed by atoms with E-state index in [-0.39, 0.29) is 11.7 Å². The lowest BCUT2D eigenvalue weighted by Crippen LogP contribution is -2.25. The fraction of sp³-hybridized carbons (Fsp3) is 0.214. The number of carbonyl (C=O) groups excluding carboxylic acids is 2. The van der Waals surface area contributed by atoms with Gasteiger partial charge in [0, 0.05) is 29.1 Å². The Morgan fingerprint density at radius 1 is 1.13 bits per heavy atom. The standard InChI is InChI=1S/C28H27ClN6O3/c1-3-19-22(33-35-16(2)6-11-25(36)26(19)35)5-4-12-31-28(38)20-9-8-18(14-21(20)29)34-15-32-23-10-7-17(27(30)37)13-24(23)34/h6-11,13-15,36H,3-5,12H2,1-2H3,(H2,30,37)(H,31,38). The topological polar surface area (TPSA) is 128 Å². The summed E-state index contributed by atoms with van der Waals surface area (Å²) in [6.07, 6.45) is 3.73. The molecule has 2 amide bonds. The summed E-state index contributed by atoms with van der Waals surface area (Å²) in [5, 5.41) is 18.3. The summed E-state index contributed by atoms with van der Waals surface area (Å²) in [4.78, 5) is 28.8. The number of fused-ring (bicyclic) bond motifs is 2. The average Bonchev–Trinajstić information content (AvgIpc) is 3.50. The summed E-state index contributed by atoms with van der Waals surface area (Å²) in [7, 11) is 0. The van der Waals surface area contributed by atoms with Crippen LogP contribution in [0.1, 0.15) is 51.0 Å². The molecule has 0 bridgehead atoms. The molecule has 10 heteroatoms. The molecule has 3 heterocycles. The predicted molar refractivity (Wildman–Crippen MR) is 146 cm³/mol. The summed E-state index contributed by atoms with van der Waals surface area (Å²) in [6.45, 7) is 4.44. The van der Waals surface area contributed by atoms with Gasteiger partial charge < -0.3 is 16.2 Å². The first-order valence-corrected chi connectivity index (χ1v) is 12.7. The Morgan fingerprint density at radius 3 is 2.68 bits per heavy atom. The van der Waals surface area contributed by atoms with Crippen molar-refractivity contribution < 1.29 is 14.7 Å². The second kappa shape index (κ2) is 10.2. The van der Waals surface area contributed by atoms with E-state index in [0.717, 1.165) is 28.9 Å². The molecular weight excluding hydrogens is 504 g/mol. The van der Waals surface area contributed by atoms with Crippen molar-refractivity contribution in [2.75, 3.05) is 6.54 Å². The lowest BCUT2D eigenvalue weighted by Gasteiger charge is -2.10. The zero-order valence-electron chi connectivity index (χ0n) is 21.0. The van der Waals surface area contributed by atoms with Crippen LogP contribution in [0, 0.1) is 6.92 Å². The molecule has 0 spiro atoms. The lowest BCUT2D eigenvalue weighted by atomic mass is 10.1. The van der Waals surface area contributed by atoms with Crippen LogP contribution in [0.4, 0.5) is 0 Å². The second-order valence-corrected chi connectivity index (χ2v) is 9.51. The first kappa shape index (κ1) is 25.3. The van der Waals surface area contributed by atoms with E-state index in [1.54, 1.807) is 57.9 Å². The Balaban J connectivity index is 1.27. The Hall–Kier alpha value is -4.37. The van der Waals surface area contributed by atoms with Crippen LogP contribution < -0.4 is 11.1 Å². The minimum absolute atomic E-state index is 0.217. The van der Waals surface area contributed by atoms with E-state index in [2.05, 4.69) is 10.3 Å². The van der Waals surface area contributed by atoms with E-state index in [4.69, 9.17) is 22.4 Å². The molecule has 0 saturated heterocycles. The number of hydrogen-bond acceptors (Lipinski definition) is 5. The number of nitrogens with two attached hydrogens (primary N) is 1. The number of aromatic hydroxyl groups is 1. The first-order chi connectivity index (χ1) is 18.3. The summed E-state index contributed by atoms with van der Waals surface area (Å²) in [6, 6.07) is 13.7. The number of aryl methyl sites for hydroxylation is 3. The van der Waals surface area contributed by atoms with Gasteiger partial charge in [0.05, 0.1) is 27.3 Å². The maximum Gasteiger partial charge on any atom is 0.252 e. The van der Waals surface area contributed by atoms with E-state index in [1.807, 2.05) is 19.9 Å². The molecule has 38 heavy (non-hydrogen) atoms. The molecule has 0 aliphatic carbocycles. The van der Waals surface area contributed by atoms with Crippen molar-refractivity contribution in [3.63, 3.8) is 0 Å². The zero-order valence-corrected chi connectivity index (χ0v) is 21.8. The number of hydrogen-bond donors (Lipinski definition) is 3. The molecule has 2 aromatic carbocycles. The molecule has 0 aliphatic rings. The molecule has 194 valence electrons. The van der Waals surface area contributed by atoms with Crippen LogP contribution in [0.15, 0.2) is 54.9 Å². The molecule has 0 aliphatic heterocycles. The highest BCUT2D eigenvalue weighted by Crippen LogP contribution is 2.28.